The van der Waals surface area contributed by atoms with Gasteiger partial charge >= 0.3 is 10.2 Å². The molecule has 2 aromatic carbocycles. The van der Waals surface area contributed by atoms with Crippen molar-refractivity contribution in [3.05, 3.63) is 89.0 Å². The first-order valence-electron chi connectivity index (χ1n) is 21.0. The molecule has 3 aliphatic heterocycles. The molecule has 3 amide bonds. The highest BCUT2D eigenvalue weighted by Crippen LogP contribution is 2.35. The van der Waals surface area contributed by atoms with Crippen LogP contribution in [0.4, 0.5) is 31.8 Å². The second-order valence-electron chi connectivity index (χ2n) is 16.3. The first kappa shape index (κ1) is 45.3. The molecule has 342 valence electrons. The Morgan fingerprint density at radius 2 is 1.68 bits per heavy atom. The molecule has 0 spiro atoms. The highest BCUT2D eigenvalue weighted by Gasteiger charge is 2.37. The summed E-state index contributed by atoms with van der Waals surface area (Å²) in [6, 6.07) is 8.21. The fourth-order valence-corrected chi connectivity index (χ4v) is 9.35. The summed E-state index contributed by atoms with van der Waals surface area (Å²) < 4.78 is 58.7. The molecule has 3 saturated heterocycles. The zero-order chi connectivity index (χ0) is 46.2. The minimum Gasteiger partial charge on any atom is -0.389 e. The molecule has 3 fully saturated rings. The van der Waals surface area contributed by atoms with Gasteiger partial charge in [-0.1, -0.05) is 18.5 Å². The van der Waals surface area contributed by atoms with Crippen LogP contribution in [0.2, 0.25) is 5.02 Å². The minimum atomic E-state index is -4.17. The lowest BCUT2D eigenvalue weighted by Crippen LogP contribution is -2.52. The number of amides is 3. The summed E-state index contributed by atoms with van der Waals surface area (Å²) in [6.07, 6.45) is 7.34. The Balaban J connectivity index is 0.851. The predicted octanol–water partition coefficient (Wildman–Crippen LogP) is 4.08. The Labute approximate surface area is 377 Å². The molecule has 5 N–H and O–H groups in total. The number of hydrogen-bond donors (Lipinski definition) is 5. The van der Waals surface area contributed by atoms with Crippen molar-refractivity contribution < 1.29 is 41.5 Å². The summed E-state index contributed by atoms with van der Waals surface area (Å²) in [5.74, 6) is -3.93. The van der Waals surface area contributed by atoms with Gasteiger partial charge in [0.05, 0.1) is 34.0 Å². The van der Waals surface area contributed by atoms with Crippen LogP contribution in [0.25, 0.3) is 22.2 Å². The fraction of sp³-hybridized carbons (Fsp3) is 0.372. The molecule has 0 unspecified atom stereocenters. The number of halogens is 3. The van der Waals surface area contributed by atoms with Crippen molar-refractivity contribution in [3.63, 3.8) is 0 Å². The molecular weight excluding hydrogens is 888 g/mol. The predicted molar refractivity (Wildman–Crippen MR) is 239 cm³/mol. The van der Waals surface area contributed by atoms with Crippen LogP contribution in [0.15, 0.2) is 61.2 Å². The molecule has 0 saturated carbocycles. The maximum atomic E-state index is 15.6. The number of H-pyrrole nitrogens is 1. The van der Waals surface area contributed by atoms with Crippen LogP contribution in [-0.2, 0) is 24.6 Å². The Hall–Kier alpha value is -6.29. The van der Waals surface area contributed by atoms with Gasteiger partial charge in [0.1, 0.15) is 17.5 Å². The molecule has 22 heteroatoms. The number of aromatic nitrogens is 4. The number of aromatic amines is 1. The summed E-state index contributed by atoms with van der Waals surface area (Å²) in [6.45, 7) is 4.35. The molecule has 3 aromatic heterocycles. The highest BCUT2D eigenvalue weighted by atomic mass is 35.5. The van der Waals surface area contributed by atoms with Gasteiger partial charge in [0.25, 0.3) is 0 Å². The number of pyridine rings is 1. The summed E-state index contributed by atoms with van der Waals surface area (Å²) in [7, 11) is -2.88. The summed E-state index contributed by atoms with van der Waals surface area (Å²) in [5.41, 5.74) is -0.0145. The van der Waals surface area contributed by atoms with Gasteiger partial charge < -0.3 is 30.1 Å². The van der Waals surface area contributed by atoms with Crippen molar-refractivity contribution >= 4 is 79.4 Å². The van der Waals surface area contributed by atoms with E-state index in [1.807, 2.05) is 17.0 Å². The standard InChI is InChI=1S/C43H46ClF2N11O7S/c1-3-54(2)65(63,64)53-32-6-5-31(45)37(38(32)46)39(60)29-24-48-40-28(29)18-25(21-47-40)26-22-49-42(50-23-26)57-16-14-56(15-17-57)36(59)20-43(62)10-12-55(13-11-43)34-8-4-27(19-30(34)44)51-33-7-9-35(58)52-41(33)61/h4-6,8,18-19,21-24,33,51,53,62H,3,7,9-17,20H2,1-2H3,(H,47,48)(H,52,58,61)/t33-/m1/s1. The third kappa shape index (κ3) is 9.58. The van der Waals surface area contributed by atoms with E-state index in [1.165, 1.54) is 19.4 Å². The third-order valence-electron chi connectivity index (χ3n) is 12.1. The number of aliphatic hydroxyl groups is 1. The van der Waals surface area contributed by atoms with Crippen molar-refractivity contribution in [1.82, 2.24) is 34.5 Å². The number of carbonyl (C=O) groups excluding carboxylic acids is 4. The maximum Gasteiger partial charge on any atom is 0.301 e. The zero-order valence-electron chi connectivity index (χ0n) is 35.4. The van der Waals surface area contributed by atoms with E-state index in [0.717, 1.165) is 22.1 Å². The first-order chi connectivity index (χ1) is 31.0. The highest BCUT2D eigenvalue weighted by molar-refractivity contribution is 7.90. The number of ketones is 1. The SMILES string of the molecule is CCN(C)S(=O)(=O)Nc1ccc(F)c(C(=O)c2c[nH]c3ncc(-c4cnc(N5CCN(C(=O)CC6(O)CCN(c7ccc(N[C@@H]8CCC(=O)NC8=O)cc7Cl)CC6)CC5)nc4)cc23)c1F. The molecule has 3 aliphatic rings. The van der Waals surface area contributed by atoms with Gasteiger partial charge in [-0.05, 0) is 55.7 Å². The molecule has 1 atom stereocenters. The van der Waals surface area contributed by atoms with E-state index >= 15 is 8.78 Å². The van der Waals surface area contributed by atoms with E-state index < -0.39 is 50.5 Å². The van der Waals surface area contributed by atoms with Crippen LogP contribution in [-0.4, -0.2) is 131 Å². The lowest BCUT2D eigenvalue weighted by molar-refractivity contribution is -0.138. The Morgan fingerprint density at radius 3 is 2.35 bits per heavy atom. The summed E-state index contributed by atoms with van der Waals surface area (Å²) in [4.78, 5) is 72.8. The topological polar surface area (TPSA) is 226 Å². The van der Waals surface area contributed by atoms with Crippen molar-refractivity contribution in [1.29, 1.82) is 0 Å². The van der Waals surface area contributed by atoms with E-state index in [1.54, 1.807) is 36.4 Å². The number of piperidine rings is 2. The molecule has 18 nitrogen and oxygen atoms in total. The van der Waals surface area contributed by atoms with E-state index in [-0.39, 0.29) is 53.7 Å². The number of nitrogens with zero attached hydrogens (tertiary/aromatic N) is 7. The van der Waals surface area contributed by atoms with Crippen LogP contribution in [0.3, 0.4) is 0 Å². The van der Waals surface area contributed by atoms with Gasteiger partial charge in [-0.3, -0.25) is 29.2 Å². The monoisotopic (exact) mass is 933 g/mol. The third-order valence-corrected chi connectivity index (χ3v) is 14.0. The van der Waals surface area contributed by atoms with Crippen molar-refractivity contribution in [3.8, 4) is 11.1 Å². The smallest absolute Gasteiger partial charge is 0.301 e. The number of imide groups is 1. The van der Waals surface area contributed by atoms with Crippen LogP contribution in [0.5, 0.6) is 0 Å². The molecule has 0 radical (unpaired) electrons. The van der Waals surface area contributed by atoms with Crippen molar-refractivity contribution in [2.45, 2.75) is 50.7 Å². The molecule has 6 heterocycles. The summed E-state index contributed by atoms with van der Waals surface area (Å²) >= 11 is 6.65. The number of carbonyl (C=O) groups is 4. The quantitative estimate of drug-likeness (QED) is 0.0830. The van der Waals surface area contributed by atoms with E-state index in [9.17, 15) is 32.7 Å². The molecule has 0 bridgehead atoms. The van der Waals surface area contributed by atoms with Crippen molar-refractivity contribution in [2.75, 3.05) is 72.7 Å². The lowest BCUT2D eigenvalue weighted by atomic mass is 9.87. The Kier molecular flexibility index (Phi) is 12.7. The van der Waals surface area contributed by atoms with Gasteiger partial charge in [-0.25, -0.2) is 23.7 Å². The number of fused-ring (bicyclic) bond motifs is 1. The number of piperazine rings is 1. The molecule has 5 aromatic rings. The lowest BCUT2D eigenvalue weighted by Gasteiger charge is -2.41. The largest absolute Gasteiger partial charge is 0.389 e. The van der Waals surface area contributed by atoms with Crippen molar-refractivity contribution in [2.24, 2.45) is 0 Å². The van der Waals surface area contributed by atoms with E-state index in [0.29, 0.717) is 86.3 Å². The van der Waals surface area contributed by atoms with E-state index in [4.69, 9.17) is 11.6 Å². The molecule has 8 rings (SSSR count). The number of rotatable bonds is 13. The molecular formula is C43H46ClF2N11O7S. The first-order valence-corrected chi connectivity index (χ1v) is 22.8. The minimum absolute atomic E-state index is 0.0178. The number of hydrogen-bond acceptors (Lipinski definition) is 13. The maximum absolute atomic E-state index is 15.6. The van der Waals surface area contributed by atoms with Crippen LogP contribution < -0.4 is 25.2 Å². The second-order valence-corrected chi connectivity index (χ2v) is 18.5. The average Bonchev–Trinajstić information content (AvgIpc) is 3.72. The van der Waals surface area contributed by atoms with Crippen LogP contribution in [0, 0.1) is 11.6 Å². The Morgan fingerprint density at radius 1 is 0.969 bits per heavy atom. The fourth-order valence-electron chi connectivity index (χ4n) is 8.12. The van der Waals surface area contributed by atoms with Gasteiger partial charge in [-0.2, -0.15) is 12.7 Å². The van der Waals surface area contributed by atoms with Crippen LogP contribution >= 0.6 is 11.6 Å². The van der Waals surface area contributed by atoms with Gasteiger partial charge in [-0.15, -0.1) is 0 Å². The van der Waals surface area contributed by atoms with Gasteiger partial charge in [0.2, 0.25) is 29.5 Å². The second kappa shape index (κ2) is 18.3. The van der Waals surface area contributed by atoms with Gasteiger partial charge in [0, 0.05) is 112 Å². The Bertz CT molecular complexity index is 2780. The normalized spacial score (nSPS) is 18.0. The number of benzene rings is 2. The zero-order valence-corrected chi connectivity index (χ0v) is 37.0. The summed E-state index contributed by atoms with van der Waals surface area (Å²) in [5, 5.41) is 17.7. The molecule has 0 aliphatic carbocycles. The molecule has 65 heavy (non-hydrogen) atoms. The van der Waals surface area contributed by atoms with Crippen LogP contribution in [0.1, 0.15) is 54.9 Å². The van der Waals surface area contributed by atoms with E-state index in [2.05, 4.69) is 40.2 Å². The average molecular weight is 934 g/mol. The number of nitrogens with one attached hydrogen (secondary N) is 4. The number of anilines is 4. The van der Waals surface area contributed by atoms with Gasteiger partial charge in [0.15, 0.2) is 5.82 Å².